The molecule has 0 N–H and O–H groups in total. The largest absolute Gasteiger partial charge is 0.497 e. The van der Waals surface area contributed by atoms with Crippen molar-refractivity contribution < 1.29 is 13.9 Å². The van der Waals surface area contributed by atoms with Gasteiger partial charge in [0.15, 0.2) is 5.43 Å². The quantitative estimate of drug-likeness (QED) is 0.436. The summed E-state index contributed by atoms with van der Waals surface area (Å²) in [4.78, 5) is 29.0. The maximum absolute atomic E-state index is 13.7. The number of hydrogen-bond donors (Lipinski definition) is 0. The van der Waals surface area contributed by atoms with Crippen LogP contribution in [0.4, 0.5) is 5.69 Å². The fourth-order valence-electron chi connectivity index (χ4n) is 4.33. The van der Waals surface area contributed by atoms with Gasteiger partial charge in [0.05, 0.1) is 24.1 Å². The predicted molar refractivity (Wildman–Crippen MR) is 125 cm³/mol. The minimum Gasteiger partial charge on any atom is -0.497 e. The molecule has 5 rings (SSSR count). The summed E-state index contributed by atoms with van der Waals surface area (Å²) in [6.07, 6.45) is 0. The Balaban J connectivity index is 1.82. The fraction of sp³-hybridized carbons (Fsp3) is 0.185. The minimum atomic E-state index is -0.613. The molecule has 0 radical (unpaired) electrons. The highest BCUT2D eigenvalue weighted by Gasteiger charge is 2.43. The van der Waals surface area contributed by atoms with Crippen molar-refractivity contribution in [3.63, 3.8) is 0 Å². The van der Waals surface area contributed by atoms with Gasteiger partial charge in [-0.2, -0.15) is 0 Å². The number of anilines is 1. The third-order valence-corrected chi connectivity index (χ3v) is 6.21. The fourth-order valence-corrected chi connectivity index (χ4v) is 4.33. The van der Waals surface area contributed by atoms with Gasteiger partial charge in [-0.05, 0) is 73.9 Å². The molecule has 3 aromatic carbocycles. The third kappa shape index (κ3) is 3.01. The Kier molecular flexibility index (Phi) is 4.63. The van der Waals surface area contributed by atoms with Crippen molar-refractivity contribution in [1.29, 1.82) is 0 Å². The van der Waals surface area contributed by atoms with Gasteiger partial charge in [0.2, 0.25) is 5.76 Å². The number of fused-ring (bicyclic) bond motifs is 2. The first-order valence-electron chi connectivity index (χ1n) is 10.5. The van der Waals surface area contributed by atoms with Gasteiger partial charge in [-0.3, -0.25) is 14.5 Å². The molecule has 1 unspecified atom stereocenters. The van der Waals surface area contributed by atoms with Crippen LogP contribution in [-0.2, 0) is 0 Å². The van der Waals surface area contributed by atoms with Crippen molar-refractivity contribution in [2.75, 3.05) is 12.0 Å². The molecule has 0 saturated carbocycles. The van der Waals surface area contributed by atoms with Gasteiger partial charge in [0.1, 0.15) is 11.3 Å². The molecule has 4 aromatic rings. The summed E-state index contributed by atoms with van der Waals surface area (Å²) < 4.78 is 11.5. The number of amides is 1. The average Bonchev–Trinajstić information content (AvgIpc) is 3.08. The number of benzene rings is 3. The molecule has 32 heavy (non-hydrogen) atoms. The molecule has 1 aliphatic rings. The monoisotopic (exact) mass is 425 g/mol. The zero-order valence-corrected chi connectivity index (χ0v) is 18.4. The van der Waals surface area contributed by atoms with Gasteiger partial charge in [-0.25, -0.2) is 0 Å². The second kappa shape index (κ2) is 7.38. The third-order valence-electron chi connectivity index (χ3n) is 6.21. The molecule has 0 spiro atoms. The van der Waals surface area contributed by atoms with Crippen LogP contribution in [0.2, 0.25) is 0 Å². The van der Waals surface area contributed by atoms with E-state index in [9.17, 15) is 9.59 Å². The smallest absolute Gasteiger partial charge is 0.295 e. The lowest BCUT2D eigenvalue weighted by Gasteiger charge is -2.25. The van der Waals surface area contributed by atoms with E-state index in [0.29, 0.717) is 28.0 Å². The van der Waals surface area contributed by atoms with E-state index in [4.69, 9.17) is 9.15 Å². The van der Waals surface area contributed by atoms with E-state index in [2.05, 4.69) is 0 Å². The highest BCUT2D eigenvalue weighted by molar-refractivity contribution is 6.10. The zero-order chi connectivity index (χ0) is 22.6. The molecule has 160 valence electrons. The summed E-state index contributed by atoms with van der Waals surface area (Å²) in [7, 11) is 1.59. The Morgan fingerprint density at radius 1 is 0.906 bits per heavy atom. The lowest BCUT2D eigenvalue weighted by Crippen LogP contribution is -2.29. The number of ether oxygens (including phenoxy) is 1. The lowest BCUT2D eigenvalue weighted by atomic mass is 9.97. The summed E-state index contributed by atoms with van der Waals surface area (Å²) in [5, 5.41) is 0.485. The van der Waals surface area contributed by atoms with Crippen LogP contribution in [0.15, 0.2) is 69.9 Å². The maximum Gasteiger partial charge on any atom is 0.295 e. The number of rotatable bonds is 3. The average molecular weight is 425 g/mol. The Morgan fingerprint density at radius 2 is 1.62 bits per heavy atom. The molecule has 1 amide bonds. The summed E-state index contributed by atoms with van der Waals surface area (Å²) in [6, 6.07) is 18.2. The van der Waals surface area contributed by atoms with Crippen LogP contribution in [0.5, 0.6) is 5.75 Å². The molecule has 1 atom stereocenters. The van der Waals surface area contributed by atoms with E-state index in [1.807, 2.05) is 81.4 Å². The molecule has 1 aromatic heterocycles. The van der Waals surface area contributed by atoms with Crippen LogP contribution in [0.1, 0.15) is 44.4 Å². The molecule has 1 aliphatic heterocycles. The molecule has 2 heterocycles. The Bertz CT molecular complexity index is 1430. The highest BCUT2D eigenvalue weighted by atomic mass is 16.5. The van der Waals surface area contributed by atoms with Crippen LogP contribution in [0.25, 0.3) is 11.0 Å². The molecule has 0 fully saturated rings. The second-order valence-electron chi connectivity index (χ2n) is 8.30. The summed E-state index contributed by atoms with van der Waals surface area (Å²) in [6.45, 7) is 5.92. The first-order chi connectivity index (χ1) is 15.4. The normalized spacial score (nSPS) is 15.3. The van der Waals surface area contributed by atoms with E-state index in [-0.39, 0.29) is 17.1 Å². The van der Waals surface area contributed by atoms with E-state index in [1.54, 1.807) is 12.0 Å². The molecule has 5 heteroatoms. The van der Waals surface area contributed by atoms with Crippen molar-refractivity contribution in [2.45, 2.75) is 26.8 Å². The first kappa shape index (κ1) is 20.1. The van der Waals surface area contributed by atoms with Crippen molar-refractivity contribution in [3.05, 3.63) is 104 Å². The summed E-state index contributed by atoms with van der Waals surface area (Å²) in [5.74, 6) is 0.428. The summed E-state index contributed by atoms with van der Waals surface area (Å²) in [5.41, 5.74) is 5.19. The SMILES string of the molecule is COc1cccc(C2c3c(oc4cc(C)c(C)cc4c3=O)C(=O)N2c2ccc(C)cc2)c1. The molecule has 0 bridgehead atoms. The number of carbonyl (C=O) groups is 1. The van der Waals surface area contributed by atoms with Crippen LogP contribution in [0, 0.1) is 20.8 Å². The van der Waals surface area contributed by atoms with Gasteiger partial charge in [0.25, 0.3) is 5.91 Å². The van der Waals surface area contributed by atoms with Gasteiger partial charge in [0, 0.05) is 5.69 Å². The van der Waals surface area contributed by atoms with Crippen molar-refractivity contribution in [2.24, 2.45) is 0 Å². The Hall–Kier alpha value is -3.86. The minimum absolute atomic E-state index is 0.0964. The molecular formula is C27H23NO4. The van der Waals surface area contributed by atoms with Crippen LogP contribution in [0.3, 0.4) is 0 Å². The lowest BCUT2D eigenvalue weighted by molar-refractivity contribution is 0.0971. The van der Waals surface area contributed by atoms with E-state index < -0.39 is 6.04 Å². The first-order valence-corrected chi connectivity index (χ1v) is 10.5. The molecule has 0 saturated heterocycles. The number of aryl methyl sites for hydroxylation is 3. The topological polar surface area (TPSA) is 59.8 Å². The number of hydrogen-bond acceptors (Lipinski definition) is 4. The standard InChI is InChI=1S/C27H23NO4/c1-15-8-10-19(11-9-15)28-24(18-6-5-7-20(14-18)31-4)23-25(29)21-12-16(2)17(3)13-22(21)32-26(23)27(28)30/h5-14,24H,1-4H3. The van der Waals surface area contributed by atoms with Crippen LogP contribution < -0.4 is 15.1 Å². The molecule has 5 nitrogen and oxygen atoms in total. The van der Waals surface area contributed by atoms with Crippen LogP contribution in [-0.4, -0.2) is 13.0 Å². The van der Waals surface area contributed by atoms with Crippen LogP contribution >= 0.6 is 0 Å². The Labute approximate surface area is 185 Å². The van der Waals surface area contributed by atoms with E-state index in [1.165, 1.54) is 0 Å². The molecule has 0 aliphatic carbocycles. The van der Waals surface area contributed by atoms with E-state index in [0.717, 1.165) is 22.3 Å². The van der Waals surface area contributed by atoms with Gasteiger partial charge < -0.3 is 9.15 Å². The molecular weight excluding hydrogens is 402 g/mol. The van der Waals surface area contributed by atoms with Crippen molar-refractivity contribution in [3.8, 4) is 5.75 Å². The second-order valence-corrected chi connectivity index (χ2v) is 8.30. The highest BCUT2D eigenvalue weighted by Crippen LogP contribution is 2.42. The van der Waals surface area contributed by atoms with Gasteiger partial charge in [-0.15, -0.1) is 0 Å². The maximum atomic E-state index is 13.7. The van der Waals surface area contributed by atoms with Gasteiger partial charge in [-0.1, -0.05) is 29.8 Å². The zero-order valence-electron chi connectivity index (χ0n) is 18.4. The summed E-state index contributed by atoms with van der Waals surface area (Å²) >= 11 is 0. The van der Waals surface area contributed by atoms with E-state index >= 15 is 0 Å². The number of methoxy groups -OCH3 is 1. The number of carbonyl (C=O) groups excluding carboxylic acids is 1. The van der Waals surface area contributed by atoms with Crippen molar-refractivity contribution in [1.82, 2.24) is 0 Å². The predicted octanol–water partition coefficient (Wildman–Crippen LogP) is 5.48. The number of nitrogens with zero attached hydrogens (tertiary/aromatic N) is 1. The van der Waals surface area contributed by atoms with Crippen molar-refractivity contribution >= 4 is 22.6 Å². The van der Waals surface area contributed by atoms with Gasteiger partial charge >= 0.3 is 0 Å². The Morgan fingerprint density at radius 3 is 2.34 bits per heavy atom.